The molecule has 0 saturated carbocycles. The van der Waals surface area contributed by atoms with Crippen LogP contribution < -0.4 is 4.90 Å². The van der Waals surface area contributed by atoms with E-state index in [-0.39, 0.29) is 5.56 Å². The Morgan fingerprint density at radius 3 is 2.76 bits per heavy atom. The van der Waals surface area contributed by atoms with E-state index in [0.717, 1.165) is 47.9 Å². The highest BCUT2D eigenvalue weighted by Gasteiger charge is 2.25. The topological polar surface area (TPSA) is 20.3 Å². The molecule has 21 heavy (non-hydrogen) atoms. The lowest BCUT2D eigenvalue weighted by molar-refractivity contribution is 0.0980. The number of hydrogen-bond donors (Lipinski definition) is 0. The van der Waals surface area contributed by atoms with Crippen LogP contribution in [0.15, 0.2) is 36.4 Å². The van der Waals surface area contributed by atoms with Crippen LogP contribution in [-0.2, 0) is 6.42 Å². The van der Waals surface area contributed by atoms with Gasteiger partial charge in [0.05, 0.1) is 5.56 Å². The number of halogens is 2. The van der Waals surface area contributed by atoms with Crippen molar-refractivity contribution in [2.24, 2.45) is 0 Å². The summed E-state index contributed by atoms with van der Waals surface area (Å²) >= 11 is 0. The number of nitrogens with zero attached hydrogens (tertiary/aromatic N) is 1. The molecule has 4 heteroatoms. The number of benzene rings is 2. The van der Waals surface area contributed by atoms with Gasteiger partial charge in [0.2, 0.25) is 0 Å². The number of carbonyl (C=O) groups excluding carboxylic acids is 1. The van der Waals surface area contributed by atoms with Crippen LogP contribution >= 0.6 is 0 Å². The lowest BCUT2D eigenvalue weighted by atomic mass is 9.98. The summed E-state index contributed by atoms with van der Waals surface area (Å²) in [6.07, 6.45) is 1.71. The van der Waals surface area contributed by atoms with E-state index >= 15 is 0 Å². The summed E-state index contributed by atoms with van der Waals surface area (Å²) in [5, 5.41) is 0. The van der Waals surface area contributed by atoms with Crippen LogP contribution in [0.3, 0.4) is 0 Å². The van der Waals surface area contributed by atoms with Crippen molar-refractivity contribution in [2.75, 3.05) is 11.4 Å². The maximum atomic E-state index is 13.8. The molecule has 0 aromatic heterocycles. The van der Waals surface area contributed by atoms with E-state index in [9.17, 15) is 13.6 Å². The van der Waals surface area contributed by atoms with Crippen LogP contribution in [0.4, 0.5) is 14.5 Å². The van der Waals surface area contributed by atoms with Crippen LogP contribution in [-0.4, -0.2) is 12.5 Å². The molecule has 0 spiro atoms. The molecule has 2 aromatic carbocycles. The number of anilines is 1. The van der Waals surface area contributed by atoms with Gasteiger partial charge in [0, 0.05) is 12.2 Å². The first-order valence-corrected chi connectivity index (χ1v) is 6.93. The highest BCUT2D eigenvalue weighted by Crippen LogP contribution is 2.29. The van der Waals surface area contributed by atoms with Gasteiger partial charge >= 0.3 is 0 Å². The van der Waals surface area contributed by atoms with Crippen molar-refractivity contribution >= 4 is 11.6 Å². The average Bonchev–Trinajstić information content (AvgIpc) is 2.48. The molecule has 0 radical (unpaired) electrons. The van der Waals surface area contributed by atoms with Crippen LogP contribution in [0.1, 0.15) is 27.9 Å². The molecule has 1 amide bonds. The Bertz CT molecular complexity index is 712. The Balaban J connectivity index is 2.02. The van der Waals surface area contributed by atoms with Gasteiger partial charge in [-0.3, -0.25) is 4.79 Å². The van der Waals surface area contributed by atoms with Gasteiger partial charge in [0.15, 0.2) is 0 Å². The second-order valence-corrected chi connectivity index (χ2v) is 5.32. The first-order chi connectivity index (χ1) is 10.1. The van der Waals surface area contributed by atoms with Crippen molar-refractivity contribution in [3.05, 3.63) is 64.7 Å². The Morgan fingerprint density at radius 1 is 1.14 bits per heavy atom. The molecular weight excluding hydrogens is 272 g/mol. The molecular formula is C17H15F2NO. The Kier molecular flexibility index (Phi) is 3.45. The van der Waals surface area contributed by atoms with Gasteiger partial charge in [-0.15, -0.1) is 0 Å². The van der Waals surface area contributed by atoms with Gasteiger partial charge in [0.1, 0.15) is 11.6 Å². The van der Waals surface area contributed by atoms with Crippen LogP contribution in [0.5, 0.6) is 0 Å². The summed E-state index contributed by atoms with van der Waals surface area (Å²) in [6, 6.07) is 8.80. The molecule has 0 N–H and O–H groups in total. The third-order valence-electron chi connectivity index (χ3n) is 3.76. The van der Waals surface area contributed by atoms with Gasteiger partial charge < -0.3 is 4.90 Å². The SMILES string of the molecule is Cc1ccc2c(c1)CCCN2C(=O)c1cc(F)ccc1F. The smallest absolute Gasteiger partial charge is 0.261 e. The number of aryl methyl sites for hydroxylation is 2. The minimum absolute atomic E-state index is 0.219. The molecule has 0 unspecified atom stereocenters. The normalized spacial score (nSPS) is 14.0. The number of amides is 1. The molecule has 0 atom stereocenters. The maximum Gasteiger partial charge on any atom is 0.261 e. The molecule has 2 nitrogen and oxygen atoms in total. The fourth-order valence-corrected chi connectivity index (χ4v) is 2.74. The summed E-state index contributed by atoms with van der Waals surface area (Å²) < 4.78 is 27.1. The van der Waals surface area contributed by atoms with Crippen LogP contribution in [0, 0.1) is 18.6 Å². The molecule has 0 saturated heterocycles. The fourth-order valence-electron chi connectivity index (χ4n) is 2.74. The van der Waals surface area contributed by atoms with E-state index in [2.05, 4.69) is 0 Å². The standard InChI is InChI=1S/C17H15F2NO/c1-11-4-7-16-12(9-11)3-2-8-20(16)17(21)14-10-13(18)5-6-15(14)19/h4-7,9-10H,2-3,8H2,1H3. The largest absolute Gasteiger partial charge is 0.308 e. The molecule has 0 aliphatic carbocycles. The highest BCUT2D eigenvalue weighted by atomic mass is 19.1. The van der Waals surface area contributed by atoms with E-state index < -0.39 is 17.5 Å². The van der Waals surface area contributed by atoms with Gasteiger partial charge in [-0.05, 0) is 49.6 Å². The zero-order valence-electron chi connectivity index (χ0n) is 11.7. The molecule has 3 rings (SSSR count). The second kappa shape index (κ2) is 5.28. The van der Waals surface area contributed by atoms with Crippen molar-refractivity contribution in [1.82, 2.24) is 0 Å². The monoisotopic (exact) mass is 287 g/mol. The van der Waals surface area contributed by atoms with Gasteiger partial charge in [0.25, 0.3) is 5.91 Å². The van der Waals surface area contributed by atoms with Crippen molar-refractivity contribution in [3.8, 4) is 0 Å². The number of carbonyl (C=O) groups is 1. The number of rotatable bonds is 1. The van der Waals surface area contributed by atoms with E-state index in [1.54, 1.807) is 0 Å². The minimum atomic E-state index is -0.694. The third-order valence-corrected chi connectivity index (χ3v) is 3.76. The van der Waals surface area contributed by atoms with Gasteiger partial charge in [-0.1, -0.05) is 17.7 Å². The molecule has 1 aliphatic rings. The average molecular weight is 287 g/mol. The third kappa shape index (κ3) is 2.53. The van der Waals surface area contributed by atoms with Crippen molar-refractivity contribution in [2.45, 2.75) is 19.8 Å². The summed E-state index contributed by atoms with van der Waals surface area (Å²) in [4.78, 5) is 14.1. The van der Waals surface area contributed by atoms with Crippen molar-refractivity contribution in [1.29, 1.82) is 0 Å². The Labute approximate surface area is 122 Å². The van der Waals surface area contributed by atoms with E-state index in [4.69, 9.17) is 0 Å². The number of fused-ring (bicyclic) bond motifs is 1. The first kappa shape index (κ1) is 13.7. The fraction of sp³-hybridized carbons (Fsp3) is 0.235. The predicted molar refractivity (Wildman–Crippen MR) is 77.5 cm³/mol. The summed E-state index contributed by atoms with van der Waals surface area (Å²) in [7, 11) is 0. The van der Waals surface area contributed by atoms with Crippen molar-refractivity contribution < 1.29 is 13.6 Å². The van der Waals surface area contributed by atoms with Gasteiger partial charge in [-0.2, -0.15) is 0 Å². The summed E-state index contributed by atoms with van der Waals surface area (Å²) in [6.45, 7) is 2.51. The number of hydrogen-bond acceptors (Lipinski definition) is 1. The summed E-state index contributed by atoms with van der Waals surface area (Å²) in [5.41, 5.74) is 2.77. The zero-order valence-corrected chi connectivity index (χ0v) is 11.7. The molecule has 2 aromatic rings. The quantitative estimate of drug-likeness (QED) is 0.779. The lowest BCUT2D eigenvalue weighted by Gasteiger charge is -2.30. The predicted octanol–water partition coefficient (Wildman–Crippen LogP) is 3.87. The maximum absolute atomic E-state index is 13.8. The summed E-state index contributed by atoms with van der Waals surface area (Å²) in [5.74, 6) is -1.79. The van der Waals surface area contributed by atoms with Gasteiger partial charge in [-0.25, -0.2) is 8.78 Å². The molecule has 1 aliphatic heterocycles. The minimum Gasteiger partial charge on any atom is -0.308 e. The second-order valence-electron chi connectivity index (χ2n) is 5.32. The Morgan fingerprint density at radius 2 is 1.95 bits per heavy atom. The van der Waals surface area contributed by atoms with E-state index in [0.29, 0.717) is 6.54 Å². The molecule has 108 valence electrons. The molecule has 1 heterocycles. The highest BCUT2D eigenvalue weighted by molar-refractivity contribution is 6.07. The van der Waals surface area contributed by atoms with Crippen molar-refractivity contribution in [3.63, 3.8) is 0 Å². The van der Waals surface area contributed by atoms with E-state index in [1.165, 1.54) is 4.90 Å². The molecule has 0 fully saturated rings. The zero-order chi connectivity index (χ0) is 15.0. The van der Waals surface area contributed by atoms with Crippen LogP contribution in [0.25, 0.3) is 0 Å². The Hall–Kier alpha value is -2.23. The lowest BCUT2D eigenvalue weighted by Crippen LogP contribution is -2.36. The first-order valence-electron chi connectivity index (χ1n) is 6.93. The van der Waals surface area contributed by atoms with Crippen LogP contribution in [0.2, 0.25) is 0 Å². The molecule has 0 bridgehead atoms. The van der Waals surface area contributed by atoms with E-state index in [1.807, 2.05) is 25.1 Å².